The Morgan fingerprint density at radius 2 is 1.43 bits per heavy atom. The van der Waals surface area contributed by atoms with Gasteiger partial charge in [0.15, 0.2) is 0 Å². The van der Waals surface area contributed by atoms with Crippen LogP contribution in [-0.2, 0) is 59.1 Å². The van der Waals surface area contributed by atoms with Gasteiger partial charge in [0.05, 0.1) is 71.1 Å². The number of halogens is 2. The number of aliphatic carboxylic acids is 1. The minimum atomic E-state index is -1.12. The van der Waals surface area contributed by atoms with E-state index in [1.54, 1.807) is 17.2 Å². The Balaban J connectivity index is 0.00000713. The van der Waals surface area contributed by atoms with Gasteiger partial charge >= 0.3 is 5.97 Å². The van der Waals surface area contributed by atoms with E-state index < -0.39 is 64.6 Å². The second kappa shape index (κ2) is 33.5. The van der Waals surface area contributed by atoms with Gasteiger partial charge in [0.2, 0.25) is 23.6 Å². The topological polar surface area (TPSA) is 250 Å². The SMILES string of the molecule is C=C.CC(C)(C)C(c1cc(-c2cc(F)ccc2F)cn1Cc1ccccc1)N(CCCN)C(=O)CSCC(NC(=O)CCOCCOCCOCCOCCNC(=O)CN1C(=O)C=CC1=O)C(=O)NCCC(=O)O. The van der Waals surface area contributed by atoms with Crippen LogP contribution < -0.4 is 21.7 Å². The van der Waals surface area contributed by atoms with Gasteiger partial charge in [-0.2, -0.15) is 0 Å². The molecular weight excluding hydrogens is 985 g/mol. The van der Waals surface area contributed by atoms with Gasteiger partial charge in [-0.15, -0.1) is 24.9 Å². The molecule has 2 aromatic carbocycles. The van der Waals surface area contributed by atoms with E-state index in [-0.39, 0.29) is 121 Å². The van der Waals surface area contributed by atoms with Gasteiger partial charge in [-0.05, 0) is 48.2 Å². The first-order valence-electron chi connectivity index (χ1n) is 24.1. The molecule has 3 aromatic rings. The van der Waals surface area contributed by atoms with E-state index in [2.05, 4.69) is 29.1 Å². The average Bonchev–Trinajstić information content (AvgIpc) is 3.91. The Labute approximate surface area is 435 Å². The highest BCUT2D eigenvalue weighted by atomic mass is 32.2. The molecule has 1 aliphatic rings. The lowest BCUT2D eigenvalue weighted by Crippen LogP contribution is -2.49. The highest BCUT2D eigenvalue weighted by Gasteiger charge is 2.37. The van der Waals surface area contributed by atoms with E-state index >= 15 is 4.39 Å². The molecule has 2 heterocycles. The van der Waals surface area contributed by atoms with E-state index in [0.29, 0.717) is 24.2 Å². The molecule has 406 valence electrons. The number of nitrogens with two attached hydrogens (primary N) is 1. The number of rotatable bonds is 34. The van der Waals surface area contributed by atoms with E-state index in [9.17, 15) is 38.0 Å². The fourth-order valence-electron chi connectivity index (χ4n) is 7.46. The predicted molar refractivity (Wildman–Crippen MR) is 275 cm³/mol. The molecular formula is C52H71F2N7O12S. The number of carboxylic acid groups (broad SMARTS) is 1. The average molecular weight is 1060 g/mol. The molecule has 22 heteroatoms. The highest BCUT2D eigenvalue weighted by molar-refractivity contribution is 8.00. The molecule has 0 radical (unpaired) electrons. The summed E-state index contributed by atoms with van der Waals surface area (Å²) in [4.78, 5) is 89.5. The van der Waals surface area contributed by atoms with Crippen molar-refractivity contribution in [1.82, 2.24) is 30.3 Å². The van der Waals surface area contributed by atoms with Gasteiger partial charge < -0.3 is 55.2 Å². The second-order valence-electron chi connectivity index (χ2n) is 17.6. The summed E-state index contributed by atoms with van der Waals surface area (Å²) >= 11 is 1.12. The number of nitrogens with zero attached hydrogens (tertiary/aromatic N) is 3. The minimum Gasteiger partial charge on any atom is -0.481 e. The molecule has 0 bridgehead atoms. The van der Waals surface area contributed by atoms with Crippen LogP contribution in [0, 0.1) is 17.0 Å². The van der Waals surface area contributed by atoms with Crippen LogP contribution in [0.5, 0.6) is 0 Å². The van der Waals surface area contributed by atoms with Crippen LogP contribution in [0.2, 0.25) is 0 Å². The van der Waals surface area contributed by atoms with E-state index in [1.165, 1.54) is 0 Å². The van der Waals surface area contributed by atoms with Crippen LogP contribution >= 0.6 is 11.8 Å². The molecule has 0 saturated heterocycles. The maximum absolute atomic E-state index is 15.2. The lowest BCUT2D eigenvalue weighted by atomic mass is 9.83. The zero-order valence-electron chi connectivity index (χ0n) is 42.5. The summed E-state index contributed by atoms with van der Waals surface area (Å²) in [6.07, 6.45) is 3.99. The first-order valence-corrected chi connectivity index (χ1v) is 25.3. The summed E-state index contributed by atoms with van der Waals surface area (Å²) in [5.74, 6) is -5.40. The fourth-order valence-corrected chi connectivity index (χ4v) is 8.39. The lowest BCUT2D eigenvalue weighted by molar-refractivity contribution is -0.141. The van der Waals surface area contributed by atoms with Crippen molar-refractivity contribution < 1.29 is 66.4 Å². The summed E-state index contributed by atoms with van der Waals surface area (Å²) in [6.45, 7) is 14.2. The third-order valence-corrected chi connectivity index (χ3v) is 11.9. The smallest absolute Gasteiger partial charge is 0.305 e. The molecule has 2 unspecified atom stereocenters. The van der Waals surface area contributed by atoms with Crippen LogP contribution in [-0.4, -0.2) is 164 Å². The van der Waals surface area contributed by atoms with Crippen molar-refractivity contribution in [3.63, 3.8) is 0 Å². The molecule has 0 saturated carbocycles. The fraction of sp³-hybridized carbons (Fsp3) is 0.481. The van der Waals surface area contributed by atoms with Gasteiger partial charge in [0, 0.05) is 73.5 Å². The number of aromatic nitrogens is 1. The zero-order valence-corrected chi connectivity index (χ0v) is 43.3. The van der Waals surface area contributed by atoms with Crippen molar-refractivity contribution in [3.05, 3.63) is 109 Å². The Morgan fingerprint density at radius 1 is 0.811 bits per heavy atom. The number of imide groups is 1. The van der Waals surface area contributed by atoms with Crippen LogP contribution in [0.1, 0.15) is 57.3 Å². The van der Waals surface area contributed by atoms with Gasteiger partial charge in [0.1, 0.15) is 24.2 Å². The molecule has 19 nitrogen and oxygen atoms in total. The number of amides is 6. The number of hydrogen-bond donors (Lipinski definition) is 5. The largest absolute Gasteiger partial charge is 0.481 e. The quantitative estimate of drug-likeness (QED) is 0.0324. The van der Waals surface area contributed by atoms with Crippen molar-refractivity contribution in [2.45, 2.75) is 58.7 Å². The van der Waals surface area contributed by atoms with Crippen molar-refractivity contribution >= 4 is 53.2 Å². The Kier molecular flexibility index (Phi) is 28.1. The number of hydrogen-bond acceptors (Lipinski definition) is 13. The molecule has 0 spiro atoms. The maximum Gasteiger partial charge on any atom is 0.305 e. The van der Waals surface area contributed by atoms with Gasteiger partial charge in [0.25, 0.3) is 11.8 Å². The van der Waals surface area contributed by atoms with Crippen LogP contribution in [0.15, 0.2) is 86.1 Å². The number of nitrogens with one attached hydrogen (secondary N) is 3. The second-order valence-corrected chi connectivity index (χ2v) is 18.6. The standard InChI is InChI=1S/C50H67F2N7O12S.C2H4/c1-50(2,3)48(41-28-36(38-29-37(51)10-11-39(38)52)31-57(41)30-35-8-5-4-6-9-35)58(19-7-16-53)46(64)34-72-33-40(49(67)55-17-14-47(65)66)56-42(60)15-20-68-22-24-70-26-27-71-25-23-69-21-18-54-43(61)32-59-44(62)12-13-45(59)63;1-2/h4-6,8-13,28-29,31,40,48H,7,14-27,30,32-34,53H2,1-3H3,(H,54,61)(H,55,67)(H,56,60)(H,65,66);1-2H2. The number of benzene rings is 2. The van der Waals surface area contributed by atoms with E-state index in [1.807, 2.05) is 55.7 Å². The molecule has 4 rings (SSSR count). The van der Waals surface area contributed by atoms with E-state index in [0.717, 1.165) is 52.6 Å². The van der Waals surface area contributed by atoms with Crippen molar-refractivity contribution in [1.29, 1.82) is 0 Å². The summed E-state index contributed by atoms with van der Waals surface area (Å²) in [5.41, 5.74) is 7.55. The van der Waals surface area contributed by atoms with Crippen LogP contribution in [0.4, 0.5) is 8.78 Å². The first-order chi connectivity index (χ1) is 35.5. The van der Waals surface area contributed by atoms with E-state index in [4.69, 9.17) is 29.8 Å². The Morgan fingerprint density at radius 3 is 2.04 bits per heavy atom. The van der Waals surface area contributed by atoms with Crippen LogP contribution in [0.25, 0.3) is 11.1 Å². The third-order valence-electron chi connectivity index (χ3n) is 10.9. The van der Waals surface area contributed by atoms with Crippen molar-refractivity contribution in [2.24, 2.45) is 11.1 Å². The third kappa shape index (κ3) is 22.0. The first kappa shape index (κ1) is 62.0. The summed E-state index contributed by atoms with van der Waals surface area (Å²) in [6, 6.07) is 13.0. The minimum absolute atomic E-state index is 0.0119. The van der Waals surface area contributed by atoms with Gasteiger partial charge in [-0.25, -0.2) is 8.78 Å². The Hall–Kier alpha value is -6.30. The Bertz CT molecular complexity index is 2300. The number of carbonyl (C=O) groups excluding carboxylic acids is 6. The normalized spacial score (nSPS) is 13.0. The molecule has 74 heavy (non-hydrogen) atoms. The van der Waals surface area contributed by atoms with Gasteiger partial charge in [-0.3, -0.25) is 38.5 Å². The van der Waals surface area contributed by atoms with Crippen molar-refractivity contribution in [2.75, 3.05) is 97.1 Å². The number of thioether (sulfide) groups is 1. The summed E-state index contributed by atoms with van der Waals surface area (Å²) < 4.78 is 53.5. The molecule has 2 atom stereocenters. The number of carboxylic acids is 1. The maximum atomic E-state index is 15.2. The molecule has 0 fully saturated rings. The molecule has 0 aliphatic carbocycles. The number of carbonyl (C=O) groups is 7. The lowest BCUT2D eigenvalue weighted by Gasteiger charge is -2.41. The van der Waals surface area contributed by atoms with Crippen LogP contribution in [0.3, 0.4) is 0 Å². The predicted octanol–water partition coefficient (Wildman–Crippen LogP) is 3.86. The number of ether oxygens (including phenoxy) is 4. The van der Waals surface area contributed by atoms with Gasteiger partial charge in [-0.1, -0.05) is 51.1 Å². The molecule has 6 N–H and O–H groups in total. The van der Waals surface area contributed by atoms with Crippen molar-refractivity contribution in [3.8, 4) is 11.1 Å². The summed E-state index contributed by atoms with van der Waals surface area (Å²) in [7, 11) is 0. The highest BCUT2D eigenvalue weighted by Crippen LogP contribution is 2.41. The molecule has 1 aromatic heterocycles. The summed E-state index contributed by atoms with van der Waals surface area (Å²) in [5, 5.41) is 16.9. The molecule has 1 aliphatic heterocycles. The monoisotopic (exact) mass is 1060 g/mol. The zero-order chi connectivity index (χ0) is 54.5. The molecule has 6 amide bonds.